The van der Waals surface area contributed by atoms with Gasteiger partial charge >= 0.3 is 0 Å². The van der Waals surface area contributed by atoms with Crippen LogP contribution in [0.1, 0.15) is 12.6 Å². The van der Waals surface area contributed by atoms with Crippen molar-refractivity contribution in [1.29, 1.82) is 0 Å². The zero-order chi connectivity index (χ0) is 18.6. The molecule has 0 aliphatic heterocycles. The Hall–Kier alpha value is -2.36. The summed E-state index contributed by atoms with van der Waals surface area (Å²) in [5, 5.41) is 1.90. The number of aromatic nitrogens is 2. The number of halogens is 1. The van der Waals surface area contributed by atoms with E-state index in [0.717, 1.165) is 10.9 Å². The smallest absolute Gasteiger partial charge is 0.241 e. The van der Waals surface area contributed by atoms with Gasteiger partial charge in [-0.05, 0) is 36.6 Å². The second-order valence-electron chi connectivity index (χ2n) is 5.18. The Kier molecular flexibility index (Phi) is 5.60. The molecule has 0 aliphatic rings. The molecule has 2 aromatic heterocycles. The fourth-order valence-corrected chi connectivity index (χ4v) is 4.03. The van der Waals surface area contributed by atoms with Crippen molar-refractivity contribution >= 4 is 21.4 Å². The van der Waals surface area contributed by atoms with E-state index in [4.69, 9.17) is 4.74 Å². The first-order valence-electron chi connectivity index (χ1n) is 7.77. The molecule has 26 heavy (non-hydrogen) atoms. The van der Waals surface area contributed by atoms with Crippen molar-refractivity contribution in [3.05, 3.63) is 59.6 Å². The third kappa shape index (κ3) is 4.06. The summed E-state index contributed by atoms with van der Waals surface area (Å²) in [6, 6.07) is 7.30. The van der Waals surface area contributed by atoms with Gasteiger partial charge in [0, 0.05) is 12.4 Å². The summed E-state index contributed by atoms with van der Waals surface area (Å²) in [6.07, 6.45) is 3.05. The molecule has 136 valence electrons. The minimum atomic E-state index is -3.91. The summed E-state index contributed by atoms with van der Waals surface area (Å²) >= 11 is 1.48. The summed E-state index contributed by atoms with van der Waals surface area (Å²) in [5.41, 5.74) is 1.10. The lowest BCUT2D eigenvalue weighted by atomic mass is 10.2. The zero-order valence-electron chi connectivity index (χ0n) is 13.8. The van der Waals surface area contributed by atoms with Gasteiger partial charge in [0.15, 0.2) is 11.6 Å². The van der Waals surface area contributed by atoms with Crippen LogP contribution in [0.15, 0.2) is 53.0 Å². The number of nitrogens with one attached hydrogen (secondary N) is 1. The number of nitrogens with zero attached hydrogens (tertiary/aromatic N) is 2. The molecule has 0 fully saturated rings. The van der Waals surface area contributed by atoms with Gasteiger partial charge in [0.05, 0.1) is 28.6 Å². The predicted molar refractivity (Wildman–Crippen MR) is 96.9 cm³/mol. The Labute approximate surface area is 154 Å². The minimum absolute atomic E-state index is 0.0142. The first-order valence-corrected chi connectivity index (χ1v) is 10.1. The molecule has 1 N–H and O–H groups in total. The number of sulfonamides is 1. The van der Waals surface area contributed by atoms with E-state index in [2.05, 4.69) is 14.7 Å². The summed E-state index contributed by atoms with van der Waals surface area (Å²) in [6.45, 7) is 1.95. The van der Waals surface area contributed by atoms with Crippen molar-refractivity contribution in [2.45, 2.75) is 18.4 Å². The van der Waals surface area contributed by atoms with E-state index in [-0.39, 0.29) is 17.2 Å². The lowest BCUT2D eigenvalue weighted by molar-refractivity contribution is 0.321. The van der Waals surface area contributed by atoms with Gasteiger partial charge < -0.3 is 4.74 Å². The topological polar surface area (TPSA) is 81.2 Å². The lowest BCUT2D eigenvalue weighted by Crippen LogP contribution is -2.24. The fourth-order valence-electron chi connectivity index (χ4n) is 2.28. The molecule has 0 unspecified atom stereocenters. The monoisotopic (exact) mass is 393 g/mol. The molecule has 0 bridgehead atoms. The van der Waals surface area contributed by atoms with Crippen LogP contribution >= 0.6 is 11.3 Å². The molecule has 3 rings (SSSR count). The highest BCUT2D eigenvalue weighted by Gasteiger charge is 2.18. The van der Waals surface area contributed by atoms with Gasteiger partial charge in [-0.3, -0.25) is 9.97 Å². The molecule has 1 aromatic carbocycles. The van der Waals surface area contributed by atoms with E-state index in [1.165, 1.54) is 29.7 Å². The average Bonchev–Trinajstić information content (AvgIpc) is 3.16. The third-order valence-corrected chi connectivity index (χ3v) is 5.75. The number of thiophene rings is 1. The molecule has 0 aliphatic carbocycles. The standard InChI is InChI=1S/C17H16FN3O3S2/c1-2-24-15-6-5-12(10-13(15)18)26(22,23)21-11-14-17(20-8-7-19-14)16-4-3-9-25-16/h3-10,21H,2,11H2,1H3. The zero-order valence-corrected chi connectivity index (χ0v) is 15.5. The van der Waals surface area contributed by atoms with Gasteiger partial charge in [-0.25, -0.2) is 17.5 Å². The number of hydrogen-bond acceptors (Lipinski definition) is 6. The molecule has 3 aromatic rings. The SMILES string of the molecule is CCOc1ccc(S(=O)(=O)NCc2nccnc2-c2cccs2)cc1F. The Morgan fingerprint density at radius 1 is 1.23 bits per heavy atom. The maximum atomic E-state index is 13.9. The van der Waals surface area contributed by atoms with Gasteiger partial charge in [0.25, 0.3) is 0 Å². The maximum Gasteiger partial charge on any atom is 0.241 e. The first kappa shape index (κ1) is 18.4. The van der Waals surface area contributed by atoms with Crippen LogP contribution in [0.25, 0.3) is 10.6 Å². The number of hydrogen-bond donors (Lipinski definition) is 1. The first-order chi connectivity index (χ1) is 12.5. The third-order valence-electron chi connectivity index (χ3n) is 3.47. The van der Waals surface area contributed by atoms with Crippen LogP contribution in [0.5, 0.6) is 5.75 Å². The van der Waals surface area contributed by atoms with Crippen molar-refractivity contribution in [3.63, 3.8) is 0 Å². The Bertz CT molecular complexity index is 992. The van der Waals surface area contributed by atoms with Crippen molar-refractivity contribution < 1.29 is 17.5 Å². The second-order valence-corrected chi connectivity index (χ2v) is 7.89. The summed E-state index contributed by atoms with van der Waals surface area (Å²) in [4.78, 5) is 9.20. The summed E-state index contributed by atoms with van der Waals surface area (Å²) in [7, 11) is -3.91. The van der Waals surface area contributed by atoms with Crippen LogP contribution < -0.4 is 9.46 Å². The van der Waals surface area contributed by atoms with Crippen LogP contribution in [0.2, 0.25) is 0 Å². The largest absolute Gasteiger partial charge is 0.491 e. The number of benzene rings is 1. The maximum absolute atomic E-state index is 13.9. The normalized spacial score (nSPS) is 11.5. The summed E-state index contributed by atoms with van der Waals surface area (Å²) < 4.78 is 46.4. The van der Waals surface area contributed by atoms with Crippen LogP contribution in [0, 0.1) is 5.82 Å². The van der Waals surface area contributed by atoms with Gasteiger partial charge in [-0.2, -0.15) is 0 Å². The predicted octanol–water partition coefficient (Wildman–Crippen LogP) is 3.22. The van der Waals surface area contributed by atoms with Crippen molar-refractivity contribution in [2.75, 3.05) is 6.61 Å². The Morgan fingerprint density at radius 3 is 2.73 bits per heavy atom. The van der Waals surface area contributed by atoms with Crippen LogP contribution in [0.3, 0.4) is 0 Å². The van der Waals surface area contributed by atoms with Crippen LogP contribution in [0.4, 0.5) is 4.39 Å². The molecule has 2 heterocycles. The minimum Gasteiger partial charge on any atom is -0.491 e. The van der Waals surface area contributed by atoms with E-state index < -0.39 is 15.8 Å². The van der Waals surface area contributed by atoms with Gasteiger partial charge in [-0.15, -0.1) is 11.3 Å². The molecule has 6 nitrogen and oxygen atoms in total. The van der Waals surface area contributed by atoms with E-state index in [9.17, 15) is 12.8 Å². The molecule has 0 amide bonds. The van der Waals surface area contributed by atoms with Gasteiger partial charge in [0.1, 0.15) is 5.69 Å². The molecule has 0 spiro atoms. The molecule has 0 atom stereocenters. The quantitative estimate of drug-likeness (QED) is 0.667. The molecule has 9 heteroatoms. The second kappa shape index (κ2) is 7.90. The lowest BCUT2D eigenvalue weighted by Gasteiger charge is -2.10. The highest BCUT2D eigenvalue weighted by Crippen LogP contribution is 2.25. The van der Waals surface area contributed by atoms with Gasteiger partial charge in [-0.1, -0.05) is 6.07 Å². The number of rotatable bonds is 7. The van der Waals surface area contributed by atoms with Gasteiger partial charge in [0.2, 0.25) is 10.0 Å². The van der Waals surface area contributed by atoms with Crippen molar-refractivity contribution in [1.82, 2.24) is 14.7 Å². The Balaban J connectivity index is 1.81. The highest BCUT2D eigenvalue weighted by atomic mass is 32.2. The van der Waals surface area contributed by atoms with E-state index >= 15 is 0 Å². The molecule has 0 saturated heterocycles. The van der Waals surface area contributed by atoms with E-state index in [1.54, 1.807) is 13.1 Å². The van der Waals surface area contributed by atoms with Crippen LogP contribution in [-0.4, -0.2) is 25.0 Å². The van der Waals surface area contributed by atoms with E-state index in [1.807, 2.05) is 17.5 Å². The van der Waals surface area contributed by atoms with E-state index in [0.29, 0.717) is 18.0 Å². The molecular weight excluding hydrogens is 377 g/mol. The fraction of sp³-hybridized carbons (Fsp3) is 0.176. The van der Waals surface area contributed by atoms with Crippen LogP contribution in [-0.2, 0) is 16.6 Å². The molecule has 0 radical (unpaired) electrons. The Morgan fingerprint density at radius 2 is 2.04 bits per heavy atom. The highest BCUT2D eigenvalue weighted by molar-refractivity contribution is 7.89. The number of ether oxygens (including phenoxy) is 1. The van der Waals surface area contributed by atoms with Crippen molar-refractivity contribution in [2.24, 2.45) is 0 Å². The molecular formula is C17H16FN3O3S2. The van der Waals surface area contributed by atoms with Crippen molar-refractivity contribution in [3.8, 4) is 16.3 Å². The average molecular weight is 393 g/mol. The molecule has 0 saturated carbocycles. The summed E-state index contributed by atoms with van der Waals surface area (Å²) in [5.74, 6) is -0.714.